The fourth-order valence-corrected chi connectivity index (χ4v) is 2.08. The van der Waals surface area contributed by atoms with Crippen LogP contribution in [0.5, 0.6) is 17.2 Å². The van der Waals surface area contributed by atoms with Crippen molar-refractivity contribution in [3.05, 3.63) is 47.8 Å². The minimum Gasteiger partial charge on any atom is -0.497 e. The summed E-state index contributed by atoms with van der Waals surface area (Å²) in [7, 11) is 2.86. The average Bonchev–Trinajstić information content (AvgIpc) is 2.73. The van der Waals surface area contributed by atoms with Crippen LogP contribution in [-0.2, 0) is 6.61 Å². The van der Waals surface area contributed by atoms with E-state index in [1.54, 1.807) is 0 Å². The van der Waals surface area contributed by atoms with E-state index in [-0.39, 0.29) is 37.0 Å². The maximum atomic E-state index is 14.3. The Kier molecular flexibility index (Phi) is 7.97. The summed E-state index contributed by atoms with van der Waals surface area (Å²) < 4.78 is 30.0. The van der Waals surface area contributed by atoms with Crippen molar-refractivity contribution < 1.29 is 23.7 Å². The number of aliphatic imine (C=N–C) groups is 1. The molecule has 0 aliphatic rings. The largest absolute Gasteiger partial charge is 0.497 e. The van der Waals surface area contributed by atoms with Gasteiger partial charge in [-0.2, -0.15) is 0 Å². The molecule has 0 saturated heterocycles. The summed E-state index contributed by atoms with van der Waals surface area (Å²) in [5.74, 6) is 0.615. The summed E-state index contributed by atoms with van der Waals surface area (Å²) in [6, 6.07) is 2.98. The van der Waals surface area contributed by atoms with Crippen molar-refractivity contribution in [2.24, 2.45) is 10.7 Å². The van der Waals surface area contributed by atoms with E-state index >= 15 is 0 Å². The molecule has 1 heterocycles. The Balaban J connectivity index is 2.01. The summed E-state index contributed by atoms with van der Waals surface area (Å²) in [5.41, 5.74) is 6.23. The number of hydrogen-bond donors (Lipinski definition) is 3. The van der Waals surface area contributed by atoms with E-state index in [9.17, 15) is 4.39 Å². The van der Waals surface area contributed by atoms with Gasteiger partial charge in [-0.3, -0.25) is 4.99 Å². The molecule has 0 amide bonds. The fraction of sp³-hybridized carbons (Fsp3) is 0.278. The number of halogens is 1. The molecule has 0 aliphatic carbocycles. The molecular weight excluding hydrogens is 369 g/mol. The normalized spacial score (nSPS) is 11.5. The first-order valence-electron chi connectivity index (χ1n) is 8.26. The van der Waals surface area contributed by atoms with Crippen LogP contribution < -0.4 is 25.3 Å². The molecule has 0 fully saturated rings. The van der Waals surface area contributed by atoms with E-state index in [0.717, 1.165) is 0 Å². The van der Waals surface area contributed by atoms with E-state index in [1.807, 2.05) is 0 Å². The predicted octanol–water partition coefficient (Wildman–Crippen LogP) is 1.49. The summed E-state index contributed by atoms with van der Waals surface area (Å²) in [6.45, 7) is 0.145. The van der Waals surface area contributed by atoms with Crippen LogP contribution in [0.3, 0.4) is 0 Å². The van der Waals surface area contributed by atoms with Gasteiger partial charge >= 0.3 is 0 Å². The van der Waals surface area contributed by atoms with Gasteiger partial charge in [0.05, 0.1) is 45.5 Å². The number of nitrogens with two attached hydrogens (primary N) is 1. The smallest absolute Gasteiger partial charge is 0.227 e. The van der Waals surface area contributed by atoms with E-state index in [4.69, 9.17) is 25.1 Å². The van der Waals surface area contributed by atoms with Gasteiger partial charge in [-0.05, 0) is 6.07 Å². The quantitative estimate of drug-likeness (QED) is 0.521. The molecule has 1 aromatic heterocycles. The van der Waals surface area contributed by atoms with Gasteiger partial charge < -0.3 is 30.4 Å². The summed E-state index contributed by atoms with van der Waals surface area (Å²) in [5, 5.41) is 11.6. The molecular formula is C18H22FN5O4. The summed E-state index contributed by atoms with van der Waals surface area (Å²) in [4.78, 5) is 12.2. The van der Waals surface area contributed by atoms with Gasteiger partial charge in [-0.1, -0.05) is 0 Å². The predicted molar refractivity (Wildman–Crippen MR) is 102 cm³/mol. The Morgan fingerprint density at radius 2 is 2.00 bits per heavy atom. The number of ether oxygens (including phenoxy) is 3. The zero-order chi connectivity index (χ0) is 20.4. The van der Waals surface area contributed by atoms with E-state index in [1.165, 1.54) is 51.2 Å². The van der Waals surface area contributed by atoms with Crippen LogP contribution in [0.4, 0.5) is 10.3 Å². The number of aliphatic hydroxyl groups is 1. The second kappa shape index (κ2) is 10.7. The van der Waals surface area contributed by atoms with Crippen LogP contribution >= 0.6 is 0 Å². The van der Waals surface area contributed by atoms with E-state index < -0.39 is 5.82 Å². The Labute approximate surface area is 161 Å². The first-order valence-corrected chi connectivity index (χ1v) is 8.26. The van der Waals surface area contributed by atoms with Gasteiger partial charge in [0.25, 0.3) is 0 Å². The third-order valence-corrected chi connectivity index (χ3v) is 3.46. The molecule has 2 rings (SSSR count). The zero-order valence-corrected chi connectivity index (χ0v) is 15.6. The van der Waals surface area contributed by atoms with E-state index in [0.29, 0.717) is 17.2 Å². The molecule has 1 aromatic carbocycles. The molecule has 2 aromatic rings. The Hall–Kier alpha value is -3.40. The van der Waals surface area contributed by atoms with Crippen LogP contribution in [0, 0.1) is 5.82 Å². The second-order valence-electron chi connectivity index (χ2n) is 5.34. The maximum absolute atomic E-state index is 14.3. The Morgan fingerprint density at radius 3 is 2.61 bits per heavy atom. The Morgan fingerprint density at radius 1 is 1.25 bits per heavy atom. The minimum atomic E-state index is -0.526. The van der Waals surface area contributed by atoms with Crippen LogP contribution in [-0.4, -0.2) is 48.7 Å². The number of hydrogen-bond acceptors (Lipinski definition) is 9. The molecule has 10 heteroatoms. The SMILES string of the molecule is COc1cc(COc2cnc(NC(C=NCCO)=CN)nc2)c(F)c(OC)c1. The standard InChI is InChI=1S/C18H22FN5O4/c1-26-14-5-12(17(19)16(6-14)27-2)11-28-15-9-22-18(23-10-15)24-13(7-20)8-21-3-4-25/h5-10,25H,3-4,11,20H2,1-2H3,(H,22,23,24). The van der Waals surface area contributed by atoms with Crippen molar-refractivity contribution in [3.8, 4) is 17.2 Å². The second-order valence-corrected chi connectivity index (χ2v) is 5.34. The van der Waals surface area contributed by atoms with Crippen molar-refractivity contribution in [1.29, 1.82) is 0 Å². The number of nitrogens with zero attached hydrogens (tertiary/aromatic N) is 3. The zero-order valence-electron chi connectivity index (χ0n) is 15.6. The molecule has 0 aliphatic heterocycles. The highest BCUT2D eigenvalue weighted by atomic mass is 19.1. The molecule has 0 radical (unpaired) electrons. The van der Waals surface area contributed by atoms with Crippen molar-refractivity contribution in [1.82, 2.24) is 9.97 Å². The van der Waals surface area contributed by atoms with Gasteiger partial charge in [-0.15, -0.1) is 0 Å². The highest BCUT2D eigenvalue weighted by Gasteiger charge is 2.13. The average molecular weight is 391 g/mol. The molecule has 0 unspecified atom stereocenters. The number of nitrogens with one attached hydrogen (secondary N) is 1. The molecule has 28 heavy (non-hydrogen) atoms. The van der Waals surface area contributed by atoms with Crippen molar-refractivity contribution in [3.63, 3.8) is 0 Å². The molecule has 0 saturated carbocycles. The van der Waals surface area contributed by atoms with Crippen LogP contribution in [0.25, 0.3) is 0 Å². The molecule has 0 bridgehead atoms. The third kappa shape index (κ3) is 5.81. The maximum Gasteiger partial charge on any atom is 0.227 e. The lowest BCUT2D eigenvalue weighted by Crippen LogP contribution is -2.08. The monoisotopic (exact) mass is 391 g/mol. The summed E-state index contributed by atoms with van der Waals surface area (Å²) in [6.07, 6.45) is 5.63. The van der Waals surface area contributed by atoms with Gasteiger partial charge in [0, 0.05) is 24.0 Å². The van der Waals surface area contributed by atoms with Gasteiger partial charge in [0.2, 0.25) is 5.95 Å². The van der Waals surface area contributed by atoms with Crippen molar-refractivity contribution in [2.45, 2.75) is 6.61 Å². The number of rotatable bonds is 10. The lowest BCUT2D eigenvalue weighted by molar-refractivity contribution is 0.291. The first-order chi connectivity index (χ1) is 13.6. The topological polar surface area (TPSA) is 124 Å². The lowest BCUT2D eigenvalue weighted by Gasteiger charge is -2.12. The number of allylic oxidation sites excluding steroid dienone is 1. The molecule has 150 valence electrons. The fourth-order valence-electron chi connectivity index (χ4n) is 2.08. The minimum absolute atomic E-state index is 0.0582. The molecule has 9 nitrogen and oxygen atoms in total. The third-order valence-electron chi connectivity index (χ3n) is 3.46. The molecule has 4 N–H and O–H groups in total. The highest BCUT2D eigenvalue weighted by Crippen LogP contribution is 2.28. The molecule has 0 spiro atoms. The first kappa shape index (κ1) is 20.9. The Bertz CT molecular complexity index is 827. The number of aromatic nitrogens is 2. The number of methoxy groups -OCH3 is 2. The highest BCUT2D eigenvalue weighted by molar-refractivity contribution is 5.81. The van der Waals surface area contributed by atoms with Gasteiger partial charge in [-0.25, -0.2) is 14.4 Å². The van der Waals surface area contributed by atoms with Gasteiger partial charge in [0.15, 0.2) is 17.3 Å². The van der Waals surface area contributed by atoms with Crippen LogP contribution in [0.15, 0.2) is 41.4 Å². The number of aliphatic hydroxyl groups excluding tert-OH is 1. The van der Waals surface area contributed by atoms with E-state index in [2.05, 4.69) is 20.3 Å². The van der Waals surface area contributed by atoms with Crippen molar-refractivity contribution >= 4 is 12.2 Å². The van der Waals surface area contributed by atoms with Gasteiger partial charge in [0.1, 0.15) is 12.4 Å². The lowest BCUT2D eigenvalue weighted by atomic mass is 10.2. The van der Waals surface area contributed by atoms with Crippen molar-refractivity contribution in [2.75, 3.05) is 32.7 Å². The number of benzene rings is 1. The number of anilines is 1. The van der Waals surface area contributed by atoms with Crippen LogP contribution in [0.2, 0.25) is 0 Å². The van der Waals surface area contributed by atoms with Crippen LogP contribution in [0.1, 0.15) is 5.56 Å². The molecule has 0 atom stereocenters. The summed E-state index contributed by atoms with van der Waals surface area (Å²) >= 11 is 0.